The number of hydrogen-bond acceptors (Lipinski definition) is 5. The molecule has 1 aromatic carbocycles. The highest BCUT2D eigenvalue weighted by Gasteiger charge is 2.26. The summed E-state index contributed by atoms with van der Waals surface area (Å²) in [7, 11) is 2.69. The fraction of sp³-hybridized carbons (Fsp3) is 0.357. The Morgan fingerprint density at radius 3 is 2.15 bits per heavy atom. The first kappa shape index (κ1) is 15.7. The van der Waals surface area contributed by atoms with Gasteiger partial charge in [0.2, 0.25) is 0 Å². The number of benzene rings is 1. The van der Waals surface area contributed by atoms with Gasteiger partial charge in [-0.15, -0.1) is 0 Å². The molecule has 0 saturated heterocycles. The summed E-state index contributed by atoms with van der Waals surface area (Å²) in [6.07, 6.45) is -0.673. The van der Waals surface area contributed by atoms with Gasteiger partial charge in [-0.3, -0.25) is 14.4 Å². The van der Waals surface area contributed by atoms with Crippen LogP contribution in [0.15, 0.2) is 24.3 Å². The maximum absolute atomic E-state index is 12.2. The second kappa shape index (κ2) is 7.28. The maximum Gasteiger partial charge on any atom is 0.306 e. The molecule has 0 fully saturated rings. The Hall–Kier alpha value is -2.37. The zero-order chi connectivity index (χ0) is 15.1. The van der Waals surface area contributed by atoms with Crippen molar-refractivity contribution in [2.45, 2.75) is 12.8 Å². The number of carboxylic acid groups (broad SMARTS) is 1. The van der Waals surface area contributed by atoms with E-state index >= 15 is 0 Å². The van der Waals surface area contributed by atoms with Crippen LogP contribution in [0.25, 0.3) is 0 Å². The summed E-state index contributed by atoms with van der Waals surface area (Å²) in [5.41, 5.74) is 0.334. The van der Waals surface area contributed by atoms with Crippen LogP contribution in [-0.4, -0.2) is 37.0 Å². The zero-order valence-electron chi connectivity index (χ0n) is 11.3. The van der Waals surface area contributed by atoms with Gasteiger partial charge in [0.1, 0.15) is 5.75 Å². The molecule has 0 heterocycles. The summed E-state index contributed by atoms with van der Waals surface area (Å²) >= 11 is 0. The number of Topliss-reactive ketones (excluding diaryl/α,β-unsaturated/α-hetero) is 1. The second-order valence-corrected chi connectivity index (χ2v) is 4.17. The fourth-order valence-electron chi connectivity index (χ4n) is 1.74. The van der Waals surface area contributed by atoms with Gasteiger partial charge in [0.25, 0.3) is 0 Å². The molecule has 108 valence electrons. The average Bonchev–Trinajstić information content (AvgIpc) is 2.45. The molecule has 6 heteroatoms. The van der Waals surface area contributed by atoms with Crippen LogP contribution in [0.4, 0.5) is 0 Å². The molecule has 0 bridgehead atoms. The van der Waals surface area contributed by atoms with Crippen molar-refractivity contribution in [2.24, 2.45) is 5.92 Å². The Morgan fingerprint density at radius 2 is 1.70 bits per heavy atom. The van der Waals surface area contributed by atoms with E-state index in [-0.39, 0.29) is 6.42 Å². The van der Waals surface area contributed by atoms with E-state index in [2.05, 4.69) is 4.74 Å². The Labute approximate surface area is 116 Å². The summed E-state index contributed by atoms with van der Waals surface area (Å²) in [5, 5.41) is 8.82. The first-order valence-electron chi connectivity index (χ1n) is 5.94. The van der Waals surface area contributed by atoms with Gasteiger partial charge in [0.05, 0.1) is 27.1 Å². The molecule has 6 nitrogen and oxygen atoms in total. The van der Waals surface area contributed by atoms with Gasteiger partial charge >= 0.3 is 11.9 Å². The van der Waals surface area contributed by atoms with Crippen molar-refractivity contribution in [1.82, 2.24) is 0 Å². The maximum atomic E-state index is 12.2. The molecular weight excluding hydrogens is 264 g/mol. The minimum absolute atomic E-state index is 0.256. The Kier molecular flexibility index (Phi) is 5.71. The van der Waals surface area contributed by atoms with Gasteiger partial charge in [-0.1, -0.05) is 0 Å². The quantitative estimate of drug-likeness (QED) is 0.601. The van der Waals surface area contributed by atoms with Gasteiger partial charge in [-0.2, -0.15) is 0 Å². The average molecular weight is 280 g/mol. The van der Waals surface area contributed by atoms with Gasteiger partial charge < -0.3 is 14.6 Å². The third-order valence-corrected chi connectivity index (χ3v) is 2.81. The van der Waals surface area contributed by atoms with E-state index in [4.69, 9.17) is 9.84 Å². The van der Waals surface area contributed by atoms with Crippen LogP contribution in [0.5, 0.6) is 5.75 Å². The largest absolute Gasteiger partial charge is 0.497 e. The van der Waals surface area contributed by atoms with E-state index < -0.39 is 30.1 Å². The molecule has 1 N–H and O–H groups in total. The van der Waals surface area contributed by atoms with Crippen LogP contribution in [0.3, 0.4) is 0 Å². The smallest absolute Gasteiger partial charge is 0.306 e. The van der Waals surface area contributed by atoms with E-state index in [1.54, 1.807) is 12.1 Å². The number of carbonyl (C=O) groups excluding carboxylic acids is 2. The highest BCUT2D eigenvalue weighted by Crippen LogP contribution is 2.19. The van der Waals surface area contributed by atoms with Crippen molar-refractivity contribution in [2.75, 3.05) is 14.2 Å². The van der Waals surface area contributed by atoms with E-state index in [9.17, 15) is 14.4 Å². The number of methoxy groups -OCH3 is 2. The van der Waals surface area contributed by atoms with Crippen LogP contribution in [0.2, 0.25) is 0 Å². The number of rotatable bonds is 7. The van der Waals surface area contributed by atoms with Crippen LogP contribution in [0.1, 0.15) is 23.2 Å². The van der Waals surface area contributed by atoms with Gasteiger partial charge in [0.15, 0.2) is 5.78 Å². The Balaban J connectivity index is 2.90. The predicted octanol–water partition coefficient (Wildman–Crippen LogP) is 1.53. The number of ether oxygens (including phenoxy) is 2. The number of ketones is 1. The molecule has 1 rings (SSSR count). The van der Waals surface area contributed by atoms with E-state index in [1.165, 1.54) is 26.4 Å². The lowest BCUT2D eigenvalue weighted by atomic mass is 9.91. The van der Waals surface area contributed by atoms with Crippen molar-refractivity contribution < 1.29 is 29.0 Å². The van der Waals surface area contributed by atoms with Crippen molar-refractivity contribution in [3.05, 3.63) is 29.8 Å². The van der Waals surface area contributed by atoms with Crippen molar-refractivity contribution in [3.63, 3.8) is 0 Å². The summed E-state index contributed by atoms with van der Waals surface area (Å²) in [4.78, 5) is 34.3. The first-order chi connectivity index (χ1) is 9.47. The second-order valence-electron chi connectivity index (χ2n) is 4.17. The van der Waals surface area contributed by atoms with Crippen LogP contribution < -0.4 is 4.74 Å². The highest BCUT2D eigenvalue weighted by molar-refractivity contribution is 6.01. The van der Waals surface area contributed by atoms with Crippen molar-refractivity contribution in [3.8, 4) is 5.75 Å². The zero-order valence-corrected chi connectivity index (χ0v) is 11.3. The van der Waals surface area contributed by atoms with Crippen LogP contribution >= 0.6 is 0 Å². The topological polar surface area (TPSA) is 89.9 Å². The number of carbonyl (C=O) groups is 3. The Bertz CT molecular complexity index is 491. The number of carboxylic acids is 1. The lowest BCUT2D eigenvalue weighted by Gasteiger charge is -2.12. The number of aliphatic carboxylic acids is 1. The predicted molar refractivity (Wildman–Crippen MR) is 69.7 cm³/mol. The third-order valence-electron chi connectivity index (χ3n) is 2.81. The molecule has 0 saturated carbocycles. The monoisotopic (exact) mass is 280 g/mol. The highest BCUT2D eigenvalue weighted by atomic mass is 16.5. The van der Waals surface area contributed by atoms with E-state index in [0.717, 1.165) is 0 Å². The molecule has 0 aliphatic carbocycles. The normalized spacial score (nSPS) is 11.5. The number of esters is 1. The van der Waals surface area contributed by atoms with Gasteiger partial charge in [-0.25, -0.2) is 0 Å². The van der Waals surface area contributed by atoms with Crippen molar-refractivity contribution in [1.29, 1.82) is 0 Å². The van der Waals surface area contributed by atoms with Gasteiger partial charge in [0, 0.05) is 11.5 Å². The molecule has 20 heavy (non-hydrogen) atoms. The third kappa shape index (κ3) is 4.38. The summed E-state index contributed by atoms with van der Waals surface area (Å²) in [5.74, 6) is -2.50. The van der Waals surface area contributed by atoms with Crippen LogP contribution in [-0.2, 0) is 14.3 Å². The molecule has 1 atom stereocenters. The molecule has 1 unspecified atom stereocenters. The standard InChI is InChI=1S/C14H16O6/c1-19-11-5-3-9(4-6-11)14(18)10(7-12(15)16)8-13(17)20-2/h3-6,10H,7-8H2,1-2H3,(H,15,16). The molecule has 1 aromatic rings. The molecule has 0 spiro atoms. The lowest BCUT2D eigenvalue weighted by molar-refractivity contribution is -0.142. The molecular formula is C14H16O6. The molecule has 0 aromatic heterocycles. The molecule has 0 amide bonds. The van der Waals surface area contributed by atoms with Crippen molar-refractivity contribution >= 4 is 17.7 Å². The summed E-state index contributed by atoms with van der Waals surface area (Å²) < 4.78 is 9.46. The number of hydrogen-bond donors (Lipinski definition) is 1. The van der Waals surface area contributed by atoms with E-state index in [0.29, 0.717) is 11.3 Å². The van der Waals surface area contributed by atoms with E-state index in [1.807, 2.05) is 0 Å². The SMILES string of the molecule is COC(=O)CC(CC(=O)O)C(=O)c1ccc(OC)cc1. The lowest BCUT2D eigenvalue weighted by Crippen LogP contribution is -2.22. The molecule has 0 aliphatic heterocycles. The van der Waals surface area contributed by atoms with Gasteiger partial charge in [-0.05, 0) is 24.3 Å². The molecule has 0 aliphatic rings. The van der Waals surface area contributed by atoms with Crippen LogP contribution in [0, 0.1) is 5.92 Å². The minimum Gasteiger partial charge on any atom is -0.497 e. The molecule has 0 radical (unpaired) electrons. The first-order valence-corrected chi connectivity index (χ1v) is 5.94. The summed E-state index contributed by atoms with van der Waals surface area (Å²) in [6, 6.07) is 6.27. The minimum atomic E-state index is -1.14. The Morgan fingerprint density at radius 1 is 1.10 bits per heavy atom. The summed E-state index contributed by atoms with van der Waals surface area (Å²) in [6.45, 7) is 0. The fourth-order valence-corrected chi connectivity index (χ4v) is 1.74.